The van der Waals surface area contributed by atoms with Gasteiger partial charge in [-0.3, -0.25) is 9.59 Å². The number of carboxylic acid groups (broad SMARTS) is 1. The number of nitrogens with zero attached hydrogens (tertiary/aromatic N) is 1. The summed E-state index contributed by atoms with van der Waals surface area (Å²) in [4.78, 5) is 37.0. The normalized spacial score (nSPS) is 13.5. The quantitative estimate of drug-likeness (QED) is 0.0287. The Kier molecular flexibility index (Phi) is 36.8. The van der Waals surface area contributed by atoms with E-state index in [0.29, 0.717) is 19.3 Å². The largest absolute Gasteiger partial charge is 0.477 e. The molecule has 0 aliphatic carbocycles. The molecule has 0 amide bonds. The topological polar surface area (TPSA) is 99.1 Å². The molecule has 2 unspecified atom stereocenters. The van der Waals surface area contributed by atoms with Gasteiger partial charge in [0.25, 0.3) is 0 Å². The van der Waals surface area contributed by atoms with E-state index in [1.54, 1.807) is 0 Å². The standard InChI is InChI=1S/C48H83NO7/c1-6-8-10-12-14-16-18-20-22-23-25-26-28-30-32-34-36-38-46(50)55-43-44(42-54-41-40-45(48(52)53)49(3,4)5)56-47(51)39-37-35-33-31-29-27-24-21-19-17-15-13-11-9-7-2/h14,16-17,19-20,22,25-26,30,32,44-45H,6-13,15,18,21,23-24,27-29,31,33-43H2,1-5H3/p+1/b16-14+,19-17+,22-20+,26-25+,32-30+. The molecule has 56 heavy (non-hydrogen) atoms. The molecule has 2 atom stereocenters. The molecule has 1 N–H and O–H groups in total. The van der Waals surface area contributed by atoms with Crippen molar-refractivity contribution in [1.82, 2.24) is 0 Å². The predicted molar refractivity (Wildman–Crippen MR) is 234 cm³/mol. The van der Waals surface area contributed by atoms with Gasteiger partial charge in [-0.15, -0.1) is 0 Å². The fourth-order valence-electron chi connectivity index (χ4n) is 6.14. The summed E-state index contributed by atoms with van der Waals surface area (Å²) in [5, 5.41) is 9.62. The summed E-state index contributed by atoms with van der Waals surface area (Å²) < 4.78 is 17.2. The monoisotopic (exact) mass is 787 g/mol. The molecule has 0 radical (unpaired) electrons. The molecule has 0 heterocycles. The third-order valence-electron chi connectivity index (χ3n) is 9.64. The number of rotatable bonds is 39. The van der Waals surface area contributed by atoms with Crippen LogP contribution in [-0.2, 0) is 28.6 Å². The van der Waals surface area contributed by atoms with Crippen LogP contribution in [0.1, 0.15) is 174 Å². The number of allylic oxidation sites excluding steroid dienone is 10. The molecule has 8 nitrogen and oxygen atoms in total. The van der Waals surface area contributed by atoms with Crippen molar-refractivity contribution in [3.05, 3.63) is 60.8 Å². The second-order valence-corrected chi connectivity index (χ2v) is 15.9. The first-order valence-corrected chi connectivity index (χ1v) is 22.3. The molecule has 322 valence electrons. The van der Waals surface area contributed by atoms with Crippen LogP contribution in [0.25, 0.3) is 0 Å². The fraction of sp³-hybridized carbons (Fsp3) is 0.729. The lowest BCUT2D eigenvalue weighted by atomic mass is 10.1. The number of ether oxygens (including phenoxy) is 3. The molecule has 0 saturated heterocycles. The molecule has 0 rings (SSSR count). The number of carbonyl (C=O) groups excluding carboxylic acids is 2. The van der Waals surface area contributed by atoms with E-state index >= 15 is 0 Å². The lowest BCUT2D eigenvalue weighted by Gasteiger charge is -2.31. The molecular weight excluding hydrogens is 703 g/mol. The van der Waals surface area contributed by atoms with Crippen LogP contribution < -0.4 is 0 Å². The minimum atomic E-state index is -0.884. The first-order chi connectivity index (χ1) is 27.1. The zero-order chi connectivity index (χ0) is 41.4. The molecule has 0 aromatic heterocycles. The Labute approximate surface area is 343 Å². The van der Waals surface area contributed by atoms with Crippen molar-refractivity contribution in [3.63, 3.8) is 0 Å². The zero-order valence-corrected chi connectivity index (χ0v) is 36.6. The van der Waals surface area contributed by atoms with E-state index in [2.05, 4.69) is 74.6 Å². The van der Waals surface area contributed by atoms with Gasteiger partial charge in [-0.1, -0.05) is 139 Å². The highest BCUT2D eigenvalue weighted by molar-refractivity contribution is 5.72. The van der Waals surface area contributed by atoms with Gasteiger partial charge in [0, 0.05) is 19.3 Å². The van der Waals surface area contributed by atoms with E-state index < -0.39 is 18.1 Å². The fourth-order valence-corrected chi connectivity index (χ4v) is 6.14. The van der Waals surface area contributed by atoms with Crippen molar-refractivity contribution >= 4 is 17.9 Å². The summed E-state index contributed by atoms with van der Waals surface area (Å²) in [6.07, 6.45) is 46.9. The van der Waals surface area contributed by atoms with E-state index in [1.165, 1.54) is 89.9 Å². The third-order valence-corrected chi connectivity index (χ3v) is 9.64. The van der Waals surface area contributed by atoms with Crippen molar-refractivity contribution in [2.45, 2.75) is 187 Å². The first kappa shape index (κ1) is 53.0. The van der Waals surface area contributed by atoms with Crippen LogP contribution in [0.4, 0.5) is 0 Å². The summed E-state index contributed by atoms with van der Waals surface area (Å²) in [7, 11) is 5.50. The number of quaternary nitrogens is 1. The van der Waals surface area contributed by atoms with Gasteiger partial charge in [-0.05, 0) is 77.0 Å². The van der Waals surface area contributed by atoms with Gasteiger partial charge in [0.15, 0.2) is 12.1 Å². The third kappa shape index (κ3) is 36.7. The van der Waals surface area contributed by atoms with E-state index in [1.807, 2.05) is 21.1 Å². The van der Waals surface area contributed by atoms with Gasteiger partial charge in [-0.25, -0.2) is 4.79 Å². The van der Waals surface area contributed by atoms with Gasteiger partial charge < -0.3 is 23.8 Å². The Balaban J connectivity index is 4.45. The van der Waals surface area contributed by atoms with Crippen molar-refractivity contribution in [2.24, 2.45) is 0 Å². The van der Waals surface area contributed by atoms with Crippen molar-refractivity contribution in [2.75, 3.05) is 41.0 Å². The van der Waals surface area contributed by atoms with E-state index in [9.17, 15) is 19.5 Å². The Bertz CT molecular complexity index is 1100. The summed E-state index contributed by atoms with van der Waals surface area (Å²) >= 11 is 0. The number of esters is 2. The predicted octanol–water partition coefficient (Wildman–Crippen LogP) is 12.2. The number of hydrogen-bond acceptors (Lipinski definition) is 6. The Morgan fingerprint density at radius 2 is 0.964 bits per heavy atom. The number of likely N-dealkylation sites (N-methyl/N-ethyl adjacent to an activating group) is 1. The maximum Gasteiger partial charge on any atom is 0.362 e. The minimum absolute atomic E-state index is 0.0404. The average molecular weight is 787 g/mol. The maximum absolute atomic E-state index is 12.7. The maximum atomic E-state index is 12.7. The Hall–Kier alpha value is -2.97. The molecule has 0 aromatic rings. The minimum Gasteiger partial charge on any atom is -0.477 e. The van der Waals surface area contributed by atoms with E-state index in [4.69, 9.17) is 14.2 Å². The lowest BCUT2D eigenvalue weighted by Crippen LogP contribution is -2.50. The molecular formula is C48H84NO7+. The second kappa shape index (κ2) is 38.9. The lowest BCUT2D eigenvalue weighted by molar-refractivity contribution is -0.887. The van der Waals surface area contributed by atoms with Crippen LogP contribution in [0.15, 0.2) is 60.8 Å². The molecule has 8 heteroatoms. The number of aliphatic carboxylic acids is 1. The summed E-state index contributed by atoms with van der Waals surface area (Å²) in [5.41, 5.74) is 0. The number of carbonyl (C=O) groups is 3. The van der Waals surface area contributed by atoms with Crippen molar-refractivity contribution in [1.29, 1.82) is 0 Å². The summed E-state index contributed by atoms with van der Waals surface area (Å²) in [6.45, 7) is 4.63. The smallest absolute Gasteiger partial charge is 0.362 e. The molecule has 0 spiro atoms. The molecule has 0 aromatic carbocycles. The van der Waals surface area contributed by atoms with Crippen LogP contribution in [0.3, 0.4) is 0 Å². The van der Waals surface area contributed by atoms with Crippen molar-refractivity contribution in [3.8, 4) is 0 Å². The highest BCUT2D eigenvalue weighted by atomic mass is 16.6. The summed E-state index contributed by atoms with van der Waals surface area (Å²) in [6, 6.07) is -0.625. The van der Waals surface area contributed by atoms with Crippen molar-refractivity contribution < 1.29 is 38.2 Å². The van der Waals surface area contributed by atoms with Crippen LogP contribution in [0, 0.1) is 0 Å². The molecule has 0 saturated carbocycles. The second-order valence-electron chi connectivity index (χ2n) is 15.9. The van der Waals surface area contributed by atoms with Crippen LogP contribution in [0.2, 0.25) is 0 Å². The Morgan fingerprint density at radius 3 is 1.50 bits per heavy atom. The number of unbranched alkanes of at least 4 members (excludes halogenated alkanes) is 15. The van der Waals surface area contributed by atoms with Gasteiger partial charge in [-0.2, -0.15) is 0 Å². The van der Waals surface area contributed by atoms with Gasteiger partial charge in [0.2, 0.25) is 0 Å². The number of carboxylic acids is 1. The highest BCUT2D eigenvalue weighted by Gasteiger charge is 2.31. The molecule has 0 aliphatic rings. The van der Waals surface area contributed by atoms with Gasteiger partial charge in [0.1, 0.15) is 6.61 Å². The van der Waals surface area contributed by atoms with E-state index in [0.717, 1.165) is 44.9 Å². The van der Waals surface area contributed by atoms with Gasteiger partial charge in [0.05, 0.1) is 34.4 Å². The van der Waals surface area contributed by atoms with E-state index in [-0.39, 0.29) is 42.7 Å². The molecule has 0 aliphatic heterocycles. The molecule has 0 bridgehead atoms. The first-order valence-electron chi connectivity index (χ1n) is 22.3. The molecule has 0 fully saturated rings. The van der Waals surface area contributed by atoms with Crippen LogP contribution in [-0.4, -0.2) is 80.6 Å². The number of hydrogen-bond donors (Lipinski definition) is 1. The SMILES string of the molecule is CCCCC/C=C/C/C=C/C/C=C/C/C=C/CCCC(=O)OCC(COCCC(C(=O)O)[N+](C)(C)C)OC(=O)CCCCCCCCC/C=C/CCCCCC. The highest BCUT2D eigenvalue weighted by Crippen LogP contribution is 2.13. The van der Waals surface area contributed by atoms with Crippen LogP contribution in [0.5, 0.6) is 0 Å². The Morgan fingerprint density at radius 1 is 0.536 bits per heavy atom. The zero-order valence-electron chi connectivity index (χ0n) is 36.6. The average Bonchev–Trinajstić information content (AvgIpc) is 3.15. The van der Waals surface area contributed by atoms with Gasteiger partial charge >= 0.3 is 17.9 Å². The van der Waals surface area contributed by atoms with Crippen LogP contribution >= 0.6 is 0 Å². The summed E-state index contributed by atoms with van der Waals surface area (Å²) in [5.74, 6) is -1.55.